The van der Waals surface area contributed by atoms with Gasteiger partial charge in [0, 0.05) is 18.4 Å². The van der Waals surface area contributed by atoms with E-state index in [0.717, 1.165) is 45.2 Å². The van der Waals surface area contributed by atoms with Crippen LogP contribution in [0.1, 0.15) is 32.1 Å². The van der Waals surface area contributed by atoms with Gasteiger partial charge in [-0.2, -0.15) is 0 Å². The van der Waals surface area contributed by atoms with Gasteiger partial charge in [-0.1, -0.05) is 12.3 Å². The molecule has 0 aromatic carbocycles. The molecule has 1 saturated heterocycles. The van der Waals surface area contributed by atoms with Gasteiger partial charge < -0.3 is 10.4 Å². The van der Waals surface area contributed by atoms with Crippen LogP contribution in [0, 0.1) is 24.2 Å². The van der Waals surface area contributed by atoms with Gasteiger partial charge in [-0.25, -0.2) is 0 Å². The zero-order chi connectivity index (χ0) is 13.7. The number of nitrogens with one attached hydrogen (secondary N) is 1. The summed E-state index contributed by atoms with van der Waals surface area (Å²) in [6, 6.07) is 0. The third kappa shape index (κ3) is 3.95. The Labute approximate surface area is 115 Å². The second kappa shape index (κ2) is 6.93. The molecule has 106 valence electrons. The van der Waals surface area contributed by atoms with E-state index < -0.39 is 0 Å². The summed E-state index contributed by atoms with van der Waals surface area (Å²) in [5, 5.41) is 12.7. The number of piperidine rings is 1. The Morgan fingerprint density at radius 3 is 2.63 bits per heavy atom. The SMILES string of the molecule is C#CCN1CCC(C(=O)NCC2CCCC2O)CC1. The second-order valence-electron chi connectivity index (χ2n) is 5.76. The zero-order valence-electron chi connectivity index (χ0n) is 11.5. The van der Waals surface area contributed by atoms with Crippen molar-refractivity contribution in [3.63, 3.8) is 0 Å². The molecule has 1 aliphatic heterocycles. The predicted octanol–water partition coefficient (Wildman–Crippen LogP) is 0.609. The fraction of sp³-hybridized carbons (Fsp3) is 0.800. The largest absolute Gasteiger partial charge is 0.393 e. The molecule has 0 radical (unpaired) electrons. The highest BCUT2D eigenvalue weighted by Gasteiger charge is 2.28. The molecule has 4 heteroatoms. The number of aliphatic hydroxyl groups is 1. The first kappa shape index (κ1) is 14.4. The Balaban J connectivity index is 1.68. The quantitative estimate of drug-likeness (QED) is 0.732. The average Bonchev–Trinajstić information content (AvgIpc) is 2.83. The van der Waals surface area contributed by atoms with E-state index in [4.69, 9.17) is 6.42 Å². The third-order valence-corrected chi connectivity index (χ3v) is 4.43. The maximum absolute atomic E-state index is 12.1. The first-order valence-electron chi connectivity index (χ1n) is 7.32. The Kier molecular flexibility index (Phi) is 5.24. The highest BCUT2D eigenvalue weighted by Crippen LogP contribution is 2.25. The summed E-state index contributed by atoms with van der Waals surface area (Å²) in [6.45, 7) is 3.13. The van der Waals surface area contributed by atoms with E-state index in [0.29, 0.717) is 13.1 Å². The van der Waals surface area contributed by atoms with E-state index in [1.165, 1.54) is 0 Å². The number of likely N-dealkylation sites (tertiary alicyclic amines) is 1. The molecular weight excluding hydrogens is 240 g/mol. The number of hydrogen-bond donors (Lipinski definition) is 2. The fourth-order valence-electron chi connectivity index (χ4n) is 3.11. The molecule has 0 spiro atoms. The Bertz CT molecular complexity index is 343. The third-order valence-electron chi connectivity index (χ3n) is 4.43. The fourth-order valence-corrected chi connectivity index (χ4v) is 3.11. The minimum Gasteiger partial charge on any atom is -0.393 e. The van der Waals surface area contributed by atoms with Crippen LogP contribution in [-0.4, -0.2) is 48.2 Å². The summed E-state index contributed by atoms with van der Waals surface area (Å²) in [5.41, 5.74) is 0. The first-order chi connectivity index (χ1) is 9.20. The van der Waals surface area contributed by atoms with Crippen LogP contribution in [-0.2, 0) is 4.79 Å². The van der Waals surface area contributed by atoms with Crippen molar-refractivity contribution in [2.24, 2.45) is 11.8 Å². The molecule has 2 rings (SSSR count). The summed E-state index contributed by atoms with van der Waals surface area (Å²) in [5.74, 6) is 3.17. The van der Waals surface area contributed by atoms with Crippen LogP contribution in [0.2, 0.25) is 0 Å². The van der Waals surface area contributed by atoms with Gasteiger partial charge in [0.2, 0.25) is 5.91 Å². The highest BCUT2D eigenvalue weighted by molar-refractivity contribution is 5.78. The van der Waals surface area contributed by atoms with E-state index in [9.17, 15) is 9.90 Å². The van der Waals surface area contributed by atoms with Gasteiger partial charge in [-0.05, 0) is 38.8 Å². The monoisotopic (exact) mass is 264 g/mol. The van der Waals surface area contributed by atoms with Gasteiger partial charge in [0.1, 0.15) is 0 Å². The molecular formula is C15H24N2O2. The molecule has 2 N–H and O–H groups in total. The van der Waals surface area contributed by atoms with Crippen molar-refractivity contribution >= 4 is 5.91 Å². The minimum atomic E-state index is -0.224. The summed E-state index contributed by atoms with van der Waals surface area (Å²) < 4.78 is 0. The van der Waals surface area contributed by atoms with Crippen LogP contribution in [0.5, 0.6) is 0 Å². The number of rotatable bonds is 4. The van der Waals surface area contributed by atoms with Crippen LogP contribution in [0.4, 0.5) is 0 Å². The van der Waals surface area contributed by atoms with E-state index in [1.54, 1.807) is 0 Å². The van der Waals surface area contributed by atoms with Gasteiger partial charge in [-0.15, -0.1) is 6.42 Å². The number of aliphatic hydroxyl groups excluding tert-OH is 1. The lowest BCUT2D eigenvalue weighted by Gasteiger charge is -2.30. The van der Waals surface area contributed by atoms with Crippen molar-refractivity contribution in [3.8, 4) is 12.3 Å². The molecule has 1 amide bonds. The van der Waals surface area contributed by atoms with Crippen molar-refractivity contribution in [2.45, 2.75) is 38.2 Å². The van der Waals surface area contributed by atoms with Crippen molar-refractivity contribution in [3.05, 3.63) is 0 Å². The zero-order valence-corrected chi connectivity index (χ0v) is 11.5. The van der Waals surface area contributed by atoms with Crippen LogP contribution >= 0.6 is 0 Å². The molecule has 0 bridgehead atoms. The molecule has 1 heterocycles. The van der Waals surface area contributed by atoms with E-state index >= 15 is 0 Å². The van der Waals surface area contributed by atoms with Crippen LogP contribution in [0.25, 0.3) is 0 Å². The van der Waals surface area contributed by atoms with E-state index in [2.05, 4.69) is 16.1 Å². The molecule has 2 aliphatic rings. The molecule has 0 aromatic rings. The van der Waals surface area contributed by atoms with Gasteiger partial charge in [0.15, 0.2) is 0 Å². The molecule has 0 aromatic heterocycles. The molecule has 1 aliphatic carbocycles. The standard InChI is InChI=1S/C15H24N2O2/c1-2-8-17-9-6-12(7-10-17)15(19)16-11-13-4-3-5-14(13)18/h1,12-14,18H,3-11H2,(H,16,19). The summed E-state index contributed by atoms with van der Waals surface area (Å²) in [6.07, 6.45) is 9.83. The predicted molar refractivity (Wildman–Crippen MR) is 74.4 cm³/mol. The molecule has 4 nitrogen and oxygen atoms in total. The summed E-state index contributed by atoms with van der Waals surface area (Å²) in [7, 11) is 0. The number of hydrogen-bond acceptors (Lipinski definition) is 3. The molecule has 2 fully saturated rings. The molecule has 19 heavy (non-hydrogen) atoms. The Morgan fingerprint density at radius 1 is 1.32 bits per heavy atom. The highest BCUT2D eigenvalue weighted by atomic mass is 16.3. The van der Waals surface area contributed by atoms with E-state index in [-0.39, 0.29) is 23.8 Å². The van der Waals surface area contributed by atoms with Crippen molar-refractivity contribution in [2.75, 3.05) is 26.2 Å². The van der Waals surface area contributed by atoms with Crippen LogP contribution in [0.3, 0.4) is 0 Å². The Hall–Kier alpha value is -1.05. The Morgan fingerprint density at radius 2 is 2.05 bits per heavy atom. The van der Waals surface area contributed by atoms with Crippen molar-refractivity contribution in [1.29, 1.82) is 0 Å². The lowest BCUT2D eigenvalue weighted by atomic mass is 9.95. The van der Waals surface area contributed by atoms with Crippen LogP contribution in [0.15, 0.2) is 0 Å². The van der Waals surface area contributed by atoms with Crippen molar-refractivity contribution < 1.29 is 9.90 Å². The molecule has 2 atom stereocenters. The van der Waals surface area contributed by atoms with Crippen LogP contribution < -0.4 is 5.32 Å². The summed E-state index contributed by atoms with van der Waals surface area (Å²) >= 11 is 0. The second-order valence-corrected chi connectivity index (χ2v) is 5.76. The molecule has 1 saturated carbocycles. The van der Waals surface area contributed by atoms with Crippen molar-refractivity contribution in [1.82, 2.24) is 10.2 Å². The summed E-state index contributed by atoms with van der Waals surface area (Å²) in [4.78, 5) is 14.3. The normalized spacial score (nSPS) is 29.1. The first-order valence-corrected chi connectivity index (χ1v) is 7.32. The van der Waals surface area contributed by atoms with Gasteiger partial charge in [-0.3, -0.25) is 9.69 Å². The van der Waals surface area contributed by atoms with Gasteiger partial charge >= 0.3 is 0 Å². The average molecular weight is 264 g/mol. The minimum absolute atomic E-state index is 0.118. The number of amides is 1. The number of nitrogens with zero attached hydrogens (tertiary/aromatic N) is 1. The molecule has 2 unspecified atom stereocenters. The number of terminal acetylenes is 1. The topological polar surface area (TPSA) is 52.6 Å². The lowest BCUT2D eigenvalue weighted by molar-refractivity contribution is -0.126. The number of carbonyl (C=O) groups excluding carboxylic acids is 1. The smallest absolute Gasteiger partial charge is 0.223 e. The maximum atomic E-state index is 12.1. The lowest BCUT2D eigenvalue weighted by Crippen LogP contribution is -2.42. The van der Waals surface area contributed by atoms with Gasteiger partial charge in [0.25, 0.3) is 0 Å². The maximum Gasteiger partial charge on any atom is 0.223 e. The van der Waals surface area contributed by atoms with Gasteiger partial charge in [0.05, 0.1) is 12.6 Å². The van der Waals surface area contributed by atoms with E-state index in [1.807, 2.05) is 0 Å². The number of carbonyl (C=O) groups is 1.